The Hall–Kier alpha value is -0.930. The van der Waals surface area contributed by atoms with E-state index < -0.39 is 11.7 Å². The normalized spacial score (nSPS) is 11.2. The molecule has 5 heteroatoms. The first-order valence-electron chi connectivity index (χ1n) is 5.69. The number of rotatable bonds is 3. The quantitative estimate of drug-likeness (QED) is 0.911. The fourth-order valence-corrected chi connectivity index (χ4v) is 1.64. The smallest absolute Gasteiger partial charge is 0.407 e. The van der Waals surface area contributed by atoms with Gasteiger partial charge in [-0.15, -0.1) is 0 Å². The summed E-state index contributed by atoms with van der Waals surface area (Å²) in [4.78, 5) is 11.4. The Bertz CT molecular complexity index is 427. The third kappa shape index (κ3) is 5.61. The molecule has 18 heavy (non-hydrogen) atoms. The first-order chi connectivity index (χ1) is 8.28. The molecule has 3 nitrogen and oxygen atoms in total. The van der Waals surface area contributed by atoms with Gasteiger partial charge >= 0.3 is 6.09 Å². The highest BCUT2D eigenvalue weighted by Gasteiger charge is 2.15. The van der Waals surface area contributed by atoms with Crippen molar-refractivity contribution in [3.8, 4) is 0 Å². The van der Waals surface area contributed by atoms with Gasteiger partial charge in [-0.3, -0.25) is 0 Å². The van der Waals surface area contributed by atoms with E-state index in [1.54, 1.807) is 12.1 Å². The molecule has 0 aromatic heterocycles. The third-order valence-electron chi connectivity index (χ3n) is 2.07. The molecule has 0 saturated heterocycles. The Labute approximate surface area is 117 Å². The van der Waals surface area contributed by atoms with Crippen molar-refractivity contribution in [2.24, 2.45) is 0 Å². The van der Waals surface area contributed by atoms with Crippen molar-refractivity contribution in [1.29, 1.82) is 0 Å². The summed E-state index contributed by atoms with van der Waals surface area (Å²) in [5.41, 5.74) is 0.536. The zero-order valence-corrected chi connectivity index (χ0v) is 12.2. The highest BCUT2D eigenvalue weighted by atomic mass is 35.5. The Morgan fingerprint density at radius 1 is 1.28 bits per heavy atom. The van der Waals surface area contributed by atoms with E-state index in [2.05, 4.69) is 5.32 Å². The van der Waals surface area contributed by atoms with Crippen molar-refractivity contribution in [3.63, 3.8) is 0 Å². The molecule has 1 amide bonds. The zero-order chi connectivity index (χ0) is 13.8. The number of hydrogen-bond donors (Lipinski definition) is 1. The summed E-state index contributed by atoms with van der Waals surface area (Å²) in [5.74, 6) is 0. The van der Waals surface area contributed by atoms with Gasteiger partial charge in [0, 0.05) is 6.54 Å². The monoisotopic (exact) mass is 289 g/mol. The molecule has 0 saturated carbocycles. The standard InChI is InChI=1S/C13H17Cl2NO2/c1-13(2,3)18-12(17)16-7-6-9-4-5-10(14)11(15)8-9/h4-5,8H,6-7H2,1-3H3,(H,16,17). The molecule has 0 aliphatic heterocycles. The number of halogens is 2. The maximum atomic E-state index is 11.4. The van der Waals surface area contributed by atoms with E-state index in [9.17, 15) is 4.79 Å². The molecule has 0 radical (unpaired) electrons. The van der Waals surface area contributed by atoms with E-state index in [0.29, 0.717) is 23.0 Å². The summed E-state index contributed by atoms with van der Waals surface area (Å²) >= 11 is 11.7. The maximum Gasteiger partial charge on any atom is 0.407 e. The number of amides is 1. The Balaban J connectivity index is 2.38. The van der Waals surface area contributed by atoms with Crippen LogP contribution in [-0.4, -0.2) is 18.2 Å². The number of carbonyl (C=O) groups is 1. The molecule has 0 atom stereocenters. The number of alkyl carbamates (subject to hydrolysis) is 1. The van der Waals surface area contributed by atoms with Crippen molar-refractivity contribution < 1.29 is 9.53 Å². The van der Waals surface area contributed by atoms with Gasteiger partial charge in [-0.1, -0.05) is 29.3 Å². The van der Waals surface area contributed by atoms with Gasteiger partial charge in [0.1, 0.15) is 5.60 Å². The van der Waals surface area contributed by atoms with Gasteiger partial charge in [0.05, 0.1) is 10.0 Å². The molecular weight excluding hydrogens is 273 g/mol. The van der Waals surface area contributed by atoms with Crippen molar-refractivity contribution in [1.82, 2.24) is 5.32 Å². The van der Waals surface area contributed by atoms with Gasteiger partial charge in [0.25, 0.3) is 0 Å². The summed E-state index contributed by atoms with van der Waals surface area (Å²) < 4.78 is 5.12. The van der Waals surface area contributed by atoms with E-state index >= 15 is 0 Å². The van der Waals surface area contributed by atoms with Crippen LogP contribution in [0.4, 0.5) is 4.79 Å². The minimum absolute atomic E-state index is 0.414. The van der Waals surface area contributed by atoms with Crippen LogP contribution in [-0.2, 0) is 11.2 Å². The second kappa shape index (κ2) is 6.30. The second-order valence-electron chi connectivity index (χ2n) is 4.93. The van der Waals surface area contributed by atoms with E-state index in [4.69, 9.17) is 27.9 Å². The largest absolute Gasteiger partial charge is 0.444 e. The Morgan fingerprint density at radius 2 is 1.94 bits per heavy atom. The van der Waals surface area contributed by atoms with Crippen molar-refractivity contribution in [3.05, 3.63) is 33.8 Å². The molecule has 0 aliphatic rings. The molecule has 0 heterocycles. The van der Waals surface area contributed by atoms with Gasteiger partial charge in [0.15, 0.2) is 0 Å². The minimum atomic E-state index is -0.479. The lowest BCUT2D eigenvalue weighted by Crippen LogP contribution is -2.33. The Morgan fingerprint density at radius 3 is 2.50 bits per heavy atom. The highest BCUT2D eigenvalue weighted by molar-refractivity contribution is 6.42. The van der Waals surface area contributed by atoms with E-state index in [1.165, 1.54) is 0 Å². The molecule has 100 valence electrons. The highest BCUT2D eigenvalue weighted by Crippen LogP contribution is 2.22. The molecule has 1 aromatic rings. The van der Waals surface area contributed by atoms with Crippen LogP contribution in [0.25, 0.3) is 0 Å². The first kappa shape index (κ1) is 15.1. The van der Waals surface area contributed by atoms with E-state index in [0.717, 1.165) is 5.56 Å². The maximum absolute atomic E-state index is 11.4. The molecule has 0 aliphatic carbocycles. The van der Waals surface area contributed by atoms with Crippen LogP contribution in [0.3, 0.4) is 0 Å². The molecule has 1 N–H and O–H groups in total. The summed E-state index contributed by atoms with van der Waals surface area (Å²) in [6.07, 6.45) is 0.262. The van der Waals surface area contributed by atoms with Crippen LogP contribution in [0.1, 0.15) is 26.3 Å². The number of hydrogen-bond acceptors (Lipinski definition) is 2. The van der Waals surface area contributed by atoms with Crippen LogP contribution in [0.2, 0.25) is 10.0 Å². The summed E-state index contributed by atoms with van der Waals surface area (Å²) in [7, 11) is 0. The van der Waals surface area contributed by atoms with E-state index in [-0.39, 0.29) is 0 Å². The SMILES string of the molecule is CC(C)(C)OC(=O)NCCc1ccc(Cl)c(Cl)c1. The number of ether oxygens (including phenoxy) is 1. The van der Waals surface area contributed by atoms with Crippen molar-refractivity contribution >= 4 is 29.3 Å². The van der Waals surface area contributed by atoms with Gasteiger partial charge < -0.3 is 10.1 Å². The zero-order valence-electron chi connectivity index (χ0n) is 10.7. The number of benzene rings is 1. The minimum Gasteiger partial charge on any atom is -0.444 e. The lowest BCUT2D eigenvalue weighted by Gasteiger charge is -2.19. The number of carbonyl (C=O) groups excluding carboxylic acids is 1. The van der Waals surface area contributed by atoms with Crippen LogP contribution in [0, 0.1) is 0 Å². The molecule has 0 spiro atoms. The average Bonchev–Trinajstić information content (AvgIpc) is 2.20. The lowest BCUT2D eigenvalue weighted by atomic mass is 10.1. The van der Waals surface area contributed by atoms with Gasteiger partial charge in [-0.2, -0.15) is 0 Å². The lowest BCUT2D eigenvalue weighted by molar-refractivity contribution is 0.0528. The fourth-order valence-electron chi connectivity index (χ4n) is 1.32. The van der Waals surface area contributed by atoms with Gasteiger partial charge in [0.2, 0.25) is 0 Å². The van der Waals surface area contributed by atoms with Crippen LogP contribution in [0.5, 0.6) is 0 Å². The summed E-state index contributed by atoms with van der Waals surface area (Å²) in [6.45, 7) is 5.97. The molecule has 0 fully saturated rings. The first-order valence-corrected chi connectivity index (χ1v) is 6.44. The summed E-state index contributed by atoms with van der Waals surface area (Å²) in [5, 5.41) is 3.73. The predicted molar refractivity (Wildman–Crippen MR) is 74.4 cm³/mol. The van der Waals surface area contributed by atoms with Crippen molar-refractivity contribution in [2.75, 3.05) is 6.54 Å². The van der Waals surface area contributed by atoms with Crippen LogP contribution in [0.15, 0.2) is 18.2 Å². The van der Waals surface area contributed by atoms with Crippen molar-refractivity contribution in [2.45, 2.75) is 32.8 Å². The average molecular weight is 290 g/mol. The summed E-state index contributed by atoms with van der Waals surface area (Å²) in [6, 6.07) is 5.42. The van der Waals surface area contributed by atoms with Gasteiger partial charge in [-0.05, 0) is 44.9 Å². The molecule has 0 unspecified atom stereocenters. The third-order valence-corrected chi connectivity index (χ3v) is 2.80. The van der Waals surface area contributed by atoms with Gasteiger partial charge in [-0.25, -0.2) is 4.79 Å². The molecule has 0 bridgehead atoms. The molecule has 1 aromatic carbocycles. The Kier molecular flexibility index (Phi) is 5.29. The number of nitrogens with one attached hydrogen (secondary N) is 1. The van der Waals surface area contributed by atoms with Crippen LogP contribution < -0.4 is 5.32 Å². The van der Waals surface area contributed by atoms with Crippen LogP contribution >= 0.6 is 23.2 Å². The topological polar surface area (TPSA) is 38.3 Å². The molecule has 1 rings (SSSR count). The molecular formula is C13H17Cl2NO2. The fraction of sp³-hybridized carbons (Fsp3) is 0.462. The predicted octanol–water partition coefficient (Wildman–Crippen LogP) is 4.06. The second-order valence-corrected chi connectivity index (χ2v) is 5.74. The van der Waals surface area contributed by atoms with E-state index in [1.807, 2.05) is 26.8 Å².